The first-order valence-electron chi connectivity index (χ1n) is 5.44. The molecule has 0 N–H and O–H groups in total. The summed E-state index contributed by atoms with van der Waals surface area (Å²) in [4.78, 5) is -1.12. The number of benzene rings is 2. The number of halogens is 7. The molecule has 0 saturated carbocycles. The van der Waals surface area contributed by atoms with Gasteiger partial charge < -0.3 is 4.55 Å². The van der Waals surface area contributed by atoms with Crippen molar-refractivity contribution in [3.05, 3.63) is 51.3 Å². The normalized spacial score (nSPS) is 11.8. The van der Waals surface area contributed by atoms with Crippen LogP contribution in [0.3, 0.4) is 0 Å². The lowest BCUT2D eigenvalue weighted by atomic mass is 10.0. The van der Waals surface area contributed by atoms with Crippen molar-refractivity contribution < 1.29 is 34.9 Å². The second-order valence-corrected chi connectivity index (χ2v) is 6.27. The molecular formula is C12H2Cl2F5O3S-. The fourth-order valence-electron chi connectivity index (χ4n) is 1.78. The van der Waals surface area contributed by atoms with Gasteiger partial charge in [0.1, 0.15) is 10.1 Å². The van der Waals surface area contributed by atoms with Crippen LogP contribution in [0.5, 0.6) is 0 Å². The van der Waals surface area contributed by atoms with Crippen molar-refractivity contribution in [2.75, 3.05) is 0 Å². The van der Waals surface area contributed by atoms with Gasteiger partial charge in [0.05, 0.1) is 20.5 Å². The molecular weight excluding hydrogens is 390 g/mol. The van der Waals surface area contributed by atoms with Gasteiger partial charge in [0, 0.05) is 5.56 Å². The predicted molar refractivity (Wildman–Crippen MR) is 69.7 cm³/mol. The van der Waals surface area contributed by atoms with E-state index in [9.17, 15) is 34.9 Å². The SMILES string of the molecule is O=S(=O)([O-])c1ccc(Cl)c(-c2c(F)c(F)c(F)c(F)c2F)c1Cl. The van der Waals surface area contributed by atoms with Gasteiger partial charge in [-0.15, -0.1) is 0 Å². The van der Waals surface area contributed by atoms with Crippen molar-refractivity contribution in [1.82, 2.24) is 0 Å². The molecule has 0 unspecified atom stereocenters. The minimum absolute atomic E-state index is 0.620. The van der Waals surface area contributed by atoms with Crippen molar-refractivity contribution in [3.63, 3.8) is 0 Å². The Hall–Kier alpha value is -1.42. The highest BCUT2D eigenvalue weighted by atomic mass is 35.5. The lowest BCUT2D eigenvalue weighted by Crippen LogP contribution is -2.06. The predicted octanol–water partition coefficient (Wildman–Crippen LogP) is 4.26. The summed E-state index contributed by atoms with van der Waals surface area (Å²) in [6.45, 7) is 0. The van der Waals surface area contributed by atoms with Crippen LogP contribution in [0.4, 0.5) is 22.0 Å². The van der Waals surface area contributed by atoms with Gasteiger partial charge in [0.15, 0.2) is 23.3 Å². The molecule has 0 atom stereocenters. The molecule has 0 radical (unpaired) electrons. The molecule has 0 aromatic heterocycles. The average molecular weight is 392 g/mol. The van der Waals surface area contributed by atoms with Crippen molar-refractivity contribution >= 4 is 33.3 Å². The molecule has 2 aromatic carbocycles. The monoisotopic (exact) mass is 391 g/mol. The quantitative estimate of drug-likeness (QED) is 0.332. The fraction of sp³-hybridized carbons (Fsp3) is 0. The van der Waals surface area contributed by atoms with E-state index < -0.39 is 65.3 Å². The Bertz CT molecular complexity index is 902. The molecule has 0 aliphatic heterocycles. The van der Waals surface area contributed by atoms with E-state index in [2.05, 4.69) is 0 Å². The van der Waals surface area contributed by atoms with Gasteiger partial charge in [0.2, 0.25) is 5.82 Å². The van der Waals surface area contributed by atoms with Crippen molar-refractivity contribution in [2.24, 2.45) is 0 Å². The van der Waals surface area contributed by atoms with E-state index >= 15 is 0 Å². The van der Waals surface area contributed by atoms with E-state index in [0.717, 1.165) is 6.07 Å². The molecule has 2 aromatic rings. The molecule has 2 rings (SSSR count). The Morgan fingerprint density at radius 1 is 0.783 bits per heavy atom. The van der Waals surface area contributed by atoms with Crippen LogP contribution in [0, 0.1) is 29.1 Å². The van der Waals surface area contributed by atoms with E-state index in [4.69, 9.17) is 23.2 Å². The summed E-state index contributed by atoms with van der Waals surface area (Å²) >= 11 is 11.2. The summed E-state index contributed by atoms with van der Waals surface area (Å²) in [6.07, 6.45) is 0. The molecule has 0 aliphatic rings. The van der Waals surface area contributed by atoms with Gasteiger partial charge in [-0.05, 0) is 12.1 Å². The lowest BCUT2D eigenvalue weighted by Gasteiger charge is -2.16. The Balaban J connectivity index is 3.00. The number of hydrogen-bond donors (Lipinski definition) is 0. The molecule has 3 nitrogen and oxygen atoms in total. The zero-order chi connectivity index (χ0) is 17.7. The van der Waals surface area contributed by atoms with E-state index in [-0.39, 0.29) is 0 Å². The molecule has 0 spiro atoms. The Kier molecular flexibility index (Phi) is 4.60. The van der Waals surface area contributed by atoms with Crippen LogP contribution in [-0.4, -0.2) is 13.0 Å². The van der Waals surface area contributed by atoms with E-state index in [1.165, 1.54) is 0 Å². The zero-order valence-electron chi connectivity index (χ0n) is 10.4. The second kappa shape index (κ2) is 5.90. The van der Waals surface area contributed by atoms with Gasteiger partial charge in [-0.1, -0.05) is 23.2 Å². The first kappa shape index (κ1) is 17.9. The van der Waals surface area contributed by atoms with Crippen LogP contribution < -0.4 is 0 Å². The molecule has 0 bridgehead atoms. The highest BCUT2D eigenvalue weighted by molar-refractivity contribution is 7.85. The number of rotatable bonds is 2. The molecule has 0 saturated heterocycles. The van der Waals surface area contributed by atoms with Gasteiger partial charge >= 0.3 is 0 Å². The smallest absolute Gasteiger partial charge is 0.200 e. The average Bonchev–Trinajstić information content (AvgIpc) is 2.45. The van der Waals surface area contributed by atoms with Crippen molar-refractivity contribution in [2.45, 2.75) is 4.90 Å². The molecule has 124 valence electrons. The largest absolute Gasteiger partial charge is 0.744 e. The summed E-state index contributed by atoms with van der Waals surface area (Å²) in [5.41, 5.74) is -2.54. The summed E-state index contributed by atoms with van der Waals surface area (Å²) in [5, 5.41) is -1.68. The van der Waals surface area contributed by atoms with Crippen LogP contribution in [-0.2, 0) is 10.1 Å². The van der Waals surface area contributed by atoms with Crippen LogP contribution in [0.2, 0.25) is 10.0 Å². The minimum atomic E-state index is -5.18. The second-order valence-electron chi connectivity index (χ2n) is 4.13. The van der Waals surface area contributed by atoms with E-state index in [1.807, 2.05) is 0 Å². The molecule has 0 amide bonds. The van der Waals surface area contributed by atoms with Crippen LogP contribution in [0.1, 0.15) is 0 Å². The summed E-state index contributed by atoms with van der Waals surface area (Å²) in [6, 6.07) is 1.37. The fourth-order valence-corrected chi connectivity index (χ4v) is 3.18. The van der Waals surface area contributed by atoms with Crippen LogP contribution in [0.15, 0.2) is 17.0 Å². The Morgan fingerprint density at radius 3 is 1.65 bits per heavy atom. The minimum Gasteiger partial charge on any atom is -0.744 e. The maximum atomic E-state index is 13.8. The molecule has 0 heterocycles. The first-order valence-corrected chi connectivity index (χ1v) is 7.60. The highest BCUT2D eigenvalue weighted by Gasteiger charge is 2.30. The van der Waals surface area contributed by atoms with E-state index in [0.29, 0.717) is 6.07 Å². The van der Waals surface area contributed by atoms with Crippen molar-refractivity contribution in [1.29, 1.82) is 0 Å². The van der Waals surface area contributed by atoms with Gasteiger partial charge in [-0.3, -0.25) is 0 Å². The lowest BCUT2D eigenvalue weighted by molar-refractivity contribution is 0.381. The first-order chi connectivity index (χ1) is 10.5. The van der Waals surface area contributed by atoms with Crippen LogP contribution >= 0.6 is 23.2 Å². The third kappa shape index (κ3) is 2.89. The molecule has 23 heavy (non-hydrogen) atoms. The van der Waals surface area contributed by atoms with E-state index in [1.54, 1.807) is 0 Å². The van der Waals surface area contributed by atoms with Gasteiger partial charge in [-0.2, -0.15) is 0 Å². The third-order valence-electron chi connectivity index (χ3n) is 2.78. The van der Waals surface area contributed by atoms with Crippen molar-refractivity contribution in [3.8, 4) is 11.1 Å². The van der Waals surface area contributed by atoms with Crippen LogP contribution in [0.25, 0.3) is 11.1 Å². The van der Waals surface area contributed by atoms with Gasteiger partial charge in [0.25, 0.3) is 0 Å². The maximum Gasteiger partial charge on any atom is 0.200 e. The highest BCUT2D eigenvalue weighted by Crippen LogP contribution is 2.42. The Morgan fingerprint density at radius 2 is 1.22 bits per heavy atom. The third-order valence-corrected chi connectivity index (χ3v) is 4.48. The molecule has 11 heteroatoms. The maximum absolute atomic E-state index is 13.8. The summed E-state index contributed by atoms with van der Waals surface area (Å²) in [5.74, 6) is -11.5. The molecule has 0 fully saturated rings. The summed E-state index contributed by atoms with van der Waals surface area (Å²) in [7, 11) is -5.18. The molecule has 0 aliphatic carbocycles. The van der Waals surface area contributed by atoms with Gasteiger partial charge in [-0.25, -0.2) is 30.4 Å². The standard InChI is InChI=1S/C12H3Cl2F5O3S/c13-3-1-2-4(23(20,21)22)7(14)5(3)6-8(15)10(17)12(19)11(18)9(6)16/h1-2H,(H,20,21,22)/p-1. The topological polar surface area (TPSA) is 57.2 Å². The summed E-state index contributed by atoms with van der Waals surface area (Å²) < 4.78 is 100. The number of hydrogen-bond acceptors (Lipinski definition) is 3. The Labute approximate surface area is 136 Å². The zero-order valence-corrected chi connectivity index (χ0v) is 12.8.